The number of esters is 1. The first-order valence-electron chi connectivity index (χ1n) is 5.11. The first-order valence-corrected chi connectivity index (χ1v) is 5.11. The third-order valence-corrected chi connectivity index (χ3v) is 2.71. The molecular weight excluding hydrogens is 204 g/mol. The van der Waals surface area contributed by atoms with Gasteiger partial charge in [0.05, 0.1) is 7.11 Å². The smallest absolute Gasteiger partial charge is 0.316 e. The average molecular weight is 216 g/mol. The Balaban J connectivity index is 2.22. The molecule has 1 unspecified atom stereocenters. The van der Waals surface area contributed by atoms with Crippen molar-refractivity contribution in [1.82, 2.24) is 0 Å². The summed E-state index contributed by atoms with van der Waals surface area (Å²) in [5.74, 6) is -1.24. The standard InChI is InChI=1S/C13H12O3/c1-16-13(15)11-8-7-10(12(11)14)9-5-3-2-4-6-9/h2-7,11H,8H2,1H3. The number of ketones is 1. The van der Waals surface area contributed by atoms with E-state index >= 15 is 0 Å². The Morgan fingerprint density at radius 2 is 2.00 bits per heavy atom. The zero-order valence-electron chi connectivity index (χ0n) is 8.97. The van der Waals surface area contributed by atoms with Crippen molar-refractivity contribution < 1.29 is 14.3 Å². The summed E-state index contributed by atoms with van der Waals surface area (Å²) in [5.41, 5.74) is 1.48. The molecule has 0 fully saturated rings. The Morgan fingerprint density at radius 3 is 2.62 bits per heavy atom. The van der Waals surface area contributed by atoms with Gasteiger partial charge in [-0.25, -0.2) is 0 Å². The Bertz CT molecular complexity index is 446. The molecule has 3 nitrogen and oxygen atoms in total. The SMILES string of the molecule is COC(=O)C1CC=C(c2ccccc2)C1=O. The quantitative estimate of drug-likeness (QED) is 0.559. The second-order valence-electron chi connectivity index (χ2n) is 3.66. The number of rotatable bonds is 2. The van der Waals surface area contributed by atoms with Crippen LogP contribution in [0.25, 0.3) is 5.57 Å². The van der Waals surface area contributed by atoms with Gasteiger partial charge in [-0.05, 0) is 12.0 Å². The molecule has 2 rings (SSSR count). The number of hydrogen-bond acceptors (Lipinski definition) is 3. The molecule has 0 saturated heterocycles. The van der Waals surface area contributed by atoms with Gasteiger partial charge in [0.1, 0.15) is 5.92 Å². The van der Waals surface area contributed by atoms with Gasteiger partial charge in [0.15, 0.2) is 5.78 Å². The Labute approximate surface area is 93.7 Å². The highest BCUT2D eigenvalue weighted by molar-refractivity contribution is 6.28. The van der Waals surface area contributed by atoms with Crippen molar-refractivity contribution in [2.24, 2.45) is 5.92 Å². The largest absolute Gasteiger partial charge is 0.468 e. The van der Waals surface area contributed by atoms with Crippen LogP contribution in [0.4, 0.5) is 0 Å². The van der Waals surface area contributed by atoms with E-state index in [-0.39, 0.29) is 5.78 Å². The molecule has 1 aliphatic rings. The van der Waals surface area contributed by atoms with E-state index in [9.17, 15) is 9.59 Å². The lowest BCUT2D eigenvalue weighted by molar-refractivity contribution is -0.147. The van der Waals surface area contributed by atoms with Gasteiger partial charge >= 0.3 is 5.97 Å². The van der Waals surface area contributed by atoms with E-state index in [4.69, 9.17) is 0 Å². The van der Waals surface area contributed by atoms with Crippen LogP contribution in [0.1, 0.15) is 12.0 Å². The summed E-state index contributed by atoms with van der Waals surface area (Å²) in [5, 5.41) is 0. The van der Waals surface area contributed by atoms with Crippen LogP contribution in [0.2, 0.25) is 0 Å². The van der Waals surface area contributed by atoms with E-state index in [0.717, 1.165) is 5.56 Å². The second-order valence-corrected chi connectivity index (χ2v) is 3.66. The molecule has 3 heteroatoms. The van der Waals surface area contributed by atoms with E-state index in [1.54, 1.807) is 6.08 Å². The Morgan fingerprint density at radius 1 is 1.31 bits per heavy atom. The first kappa shape index (κ1) is 10.6. The van der Waals surface area contributed by atoms with Gasteiger partial charge in [-0.15, -0.1) is 0 Å². The molecule has 16 heavy (non-hydrogen) atoms. The molecule has 82 valence electrons. The van der Waals surface area contributed by atoms with E-state index in [1.165, 1.54) is 7.11 Å². The molecule has 0 aliphatic heterocycles. The summed E-state index contributed by atoms with van der Waals surface area (Å²) in [4.78, 5) is 23.3. The minimum atomic E-state index is -0.653. The molecule has 0 heterocycles. The predicted octanol–water partition coefficient (Wildman–Crippen LogP) is 1.83. The van der Waals surface area contributed by atoms with Gasteiger partial charge in [0.2, 0.25) is 0 Å². The fraction of sp³-hybridized carbons (Fsp3) is 0.231. The van der Waals surface area contributed by atoms with Gasteiger partial charge in [-0.2, -0.15) is 0 Å². The maximum Gasteiger partial charge on any atom is 0.316 e. The van der Waals surface area contributed by atoms with Gasteiger partial charge in [0, 0.05) is 5.57 Å². The van der Waals surface area contributed by atoms with Crippen LogP contribution in [0.5, 0.6) is 0 Å². The second kappa shape index (κ2) is 4.31. The number of methoxy groups -OCH3 is 1. The number of Topliss-reactive ketones (excluding diaryl/α,β-unsaturated/α-hetero) is 1. The zero-order valence-corrected chi connectivity index (χ0v) is 8.97. The number of allylic oxidation sites excluding steroid dienone is 2. The van der Waals surface area contributed by atoms with Crippen LogP contribution in [-0.4, -0.2) is 18.9 Å². The van der Waals surface area contributed by atoms with Crippen LogP contribution in [0, 0.1) is 5.92 Å². The molecule has 1 aromatic rings. The van der Waals surface area contributed by atoms with Crippen molar-refractivity contribution in [3.05, 3.63) is 42.0 Å². The maximum absolute atomic E-state index is 11.9. The number of hydrogen-bond donors (Lipinski definition) is 0. The van der Waals surface area contributed by atoms with Crippen LogP contribution in [-0.2, 0) is 14.3 Å². The third kappa shape index (κ3) is 1.76. The highest BCUT2D eigenvalue weighted by Gasteiger charge is 2.34. The number of carbonyl (C=O) groups is 2. The van der Waals surface area contributed by atoms with E-state index in [2.05, 4.69) is 4.74 Å². The minimum absolute atomic E-state index is 0.141. The van der Waals surface area contributed by atoms with E-state index < -0.39 is 11.9 Å². The topological polar surface area (TPSA) is 43.4 Å². The van der Waals surface area contributed by atoms with Crippen LogP contribution in [0.15, 0.2) is 36.4 Å². The van der Waals surface area contributed by atoms with Gasteiger partial charge in [-0.3, -0.25) is 9.59 Å². The molecule has 0 radical (unpaired) electrons. The van der Waals surface area contributed by atoms with Crippen LogP contribution in [0.3, 0.4) is 0 Å². The van der Waals surface area contributed by atoms with Crippen LogP contribution >= 0.6 is 0 Å². The Hall–Kier alpha value is -1.90. The van der Waals surface area contributed by atoms with Crippen molar-refractivity contribution in [2.75, 3.05) is 7.11 Å². The van der Waals surface area contributed by atoms with Gasteiger partial charge in [-0.1, -0.05) is 36.4 Å². The Kier molecular flexibility index (Phi) is 2.86. The lowest BCUT2D eigenvalue weighted by Gasteiger charge is -2.06. The highest BCUT2D eigenvalue weighted by atomic mass is 16.5. The minimum Gasteiger partial charge on any atom is -0.468 e. The maximum atomic E-state index is 11.9. The molecule has 0 N–H and O–H groups in total. The molecule has 0 saturated carbocycles. The number of ether oxygens (including phenoxy) is 1. The summed E-state index contributed by atoms with van der Waals surface area (Å²) in [7, 11) is 1.30. The van der Waals surface area contributed by atoms with Crippen molar-refractivity contribution >= 4 is 17.3 Å². The van der Waals surface area contributed by atoms with Crippen molar-refractivity contribution in [1.29, 1.82) is 0 Å². The molecular formula is C13H12O3. The lowest BCUT2D eigenvalue weighted by atomic mass is 9.99. The number of benzene rings is 1. The predicted molar refractivity (Wildman–Crippen MR) is 59.5 cm³/mol. The van der Waals surface area contributed by atoms with Crippen molar-refractivity contribution in [3.8, 4) is 0 Å². The fourth-order valence-electron chi connectivity index (χ4n) is 1.85. The molecule has 1 aromatic carbocycles. The first-order chi connectivity index (χ1) is 7.74. The number of carbonyl (C=O) groups excluding carboxylic acids is 2. The average Bonchev–Trinajstić information content (AvgIpc) is 2.71. The van der Waals surface area contributed by atoms with Crippen LogP contribution < -0.4 is 0 Å². The molecule has 0 spiro atoms. The van der Waals surface area contributed by atoms with Gasteiger partial charge < -0.3 is 4.74 Å². The van der Waals surface area contributed by atoms with Crippen molar-refractivity contribution in [2.45, 2.75) is 6.42 Å². The zero-order chi connectivity index (χ0) is 11.5. The fourth-order valence-corrected chi connectivity index (χ4v) is 1.85. The normalized spacial score (nSPS) is 19.4. The molecule has 1 aliphatic carbocycles. The van der Waals surface area contributed by atoms with E-state index in [0.29, 0.717) is 12.0 Å². The summed E-state index contributed by atoms with van der Waals surface area (Å²) in [6, 6.07) is 9.36. The summed E-state index contributed by atoms with van der Waals surface area (Å²) < 4.78 is 4.60. The highest BCUT2D eigenvalue weighted by Crippen LogP contribution is 2.29. The van der Waals surface area contributed by atoms with Crippen molar-refractivity contribution in [3.63, 3.8) is 0 Å². The van der Waals surface area contributed by atoms with E-state index in [1.807, 2.05) is 30.3 Å². The lowest BCUT2D eigenvalue weighted by Crippen LogP contribution is -2.21. The molecule has 1 atom stereocenters. The summed E-state index contributed by atoms with van der Waals surface area (Å²) in [6.07, 6.45) is 2.25. The summed E-state index contributed by atoms with van der Waals surface area (Å²) >= 11 is 0. The molecule has 0 bridgehead atoms. The monoisotopic (exact) mass is 216 g/mol. The molecule has 0 aromatic heterocycles. The van der Waals surface area contributed by atoms with Gasteiger partial charge in [0.25, 0.3) is 0 Å². The third-order valence-electron chi connectivity index (χ3n) is 2.71. The molecule has 0 amide bonds. The summed E-state index contributed by atoms with van der Waals surface area (Å²) in [6.45, 7) is 0.